The molecule has 1 aromatic rings. The molecule has 0 bridgehead atoms. The summed E-state index contributed by atoms with van der Waals surface area (Å²) in [6.45, 7) is 7.44. The lowest BCUT2D eigenvalue weighted by molar-refractivity contribution is -0.279. The fourth-order valence-electron chi connectivity index (χ4n) is 2.75. The molecule has 8 heteroatoms. The van der Waals surface area contributed by atoms with Crippen molar-refractivity contribution in [3.63, 3.8) is 0 Å². The summed E-state index contributed by atoms with van der Waals surface area (Å²) in [7, 11) is 3.07. The average Bonchev–Trinajstić information content (AvgIpc) is 2.73. The van der Waals surface area contributed by atoms with Gasteiger partial charge in [0.1, 0.15) is 17.1 Å². The lowest BCUT2D eigenvalue weighted by Crippen LogP contribution is -2.45. The number of hydrogen-bond donors (Lipinski definition) is 1. The zero-order valence-electron chi connectivity index (χ0n) is 18.1. The molecule has 8 nitrogen and oxygen atoms in total. The first kappa shape index (κ1) is 23.4. The number of esters is 1. The molecule has 0 saturated carbocycles. The van der Waals surface area contributed by atoms with Crippen LogP contribution in [0.5, 0.6) is 11.5 Å². The first-order chi connectivity index (χ1) is 13.7. The molecule has 0 radical (unpaired) electrons. The van der Waals surface area contributed by atoms with Crippen molar-refractivity contribution in [1.82, 2.24) is 0 Å². The van der Waals surface area contributed by atoms with Crippen LogP contribution in [-0.4, -0.2) is 50.9 Å². The van der Waals surface area contributed by atoms with Gasteiger partial charge in [-0.3, -0.25) is 4.79 Å². The van der Waals surface area contributed by atoms with E-state index in [2.05, 4.69) is 0 Å². The maximum absolute atomic E-state index is 12.1. The summed E-state index contributed by atoms with van der Waals surface area (Å²) in [5.41, 5.74) is -0.132. The van der Waals surface area contributed by atoms with Crippen molar-refractivity contribution in [2.75, 3.05) is 34.2 Å². The number of carbonyl (C=O) groups excluding carboxylic acids is 1. The highest BCUT2D eigenvalue weighted by Gasteiger charge is 2.37. The Morgan fingerprint density at radius 3 is 2.41 bits per heavy atom. The van der Waals surface area contributed by atoms with E-state index < -0.39 is 17.3 Å². The van der Waals surface area contributed by atoms with Gasteiger partial charge in [-0.15, -0.1) is 0 Å². The fourth-order valence-corrected chi connectivity index (χ4v) is 2.75. The number of aliphatic hydroxyl groups is 1. The highest BCUT2D eigenvalue weighted by atomic mass is 16.7. The third kappa shape index (κ3) is 5.60. The molecular weight excluding hydrogens is 380 g/mol. The smallest absolute Gasteiger partial charge is 0.313 e. The Balaban J connectivity index is 2.00. The number of aliphatic hydroxyl groups excluding tert-OH is 1. The van der Waals surface area contributed by atoms with Crippen molar-refractivity contribution in [2.45, 2.75) is 52.6 Å². The predicted molar refractivity (Wildman–Crippen MR) is 105 cm³/mol. The Morgan fingerprint density at radius 2 is 1.90 bits per heavy atom. The molecule has 29 heavy (non-hydrogen) atoms. The van der Waals surface area contributed by atoms with Crippen LogP contribution >= 0.6 is 0 Å². The molecule has 1 fully saturated rings. The van der Waals surface area contributed by atoms with Crippen LogP contribution in [0.1, 0.15) is 51.5 Å². The van der Waals surface area contributed by atoms with E-state index in [-0.39, 0.29) is 32.6 Å². The van der Waals surface area contributed by atoms with Crippen LogP contribution < -0.4 is 9.47 Å². The van der Waals surface area contributed by atoms with Gasteiger partial charge in [0.05, 0.1) is 45.0 Å². The molecule has 0 amide bonds. The fraction of sp³-hybridized carbons (Fsp3) is 0.667. The first-order valence-corrected chi connectivity index (χ1v) is 9.59. The molecule has 1 aliphatic rings. The Morgan fingerprint density at radius 1 is 1.24 bits per heavy atom. The molecular formula is C21H32O8. The van der Waals surface area contributed by atoms with E-state index in [4.69, 9.17) is 28.4 Å². The van der Waals surface area contributed by atoms with Crippen LogP contribution in [0, 0.1) is 5.41 Å². The van der Waals surface area contributed by atoms with Crippen LogP contribution in [0.2, 0.25) is 0 Å². The van der Waals surface area contributed by atoms with E-state index in [1.165, 1.54) is 7.11 Å². The largest absolute Gasteiger partial charge is 0.497 e. The van der Waals surface area contributed by atoms with Crippen molar-refractivity contribution in [2.24, 2.45) is 5.41 Å². The van der Waals surface area contributed by atoms with Crippen molar-refractivity contribution in [3.05, 3.63) is 23.3 Å². The maximum Gasteiger partial charge on any atom is 0.313 e. The van der Waals surface area contributed by atoms with Crippen LogP contribution in [0.3, 0.4) is 0 Å². The number of methoxy groups -OCH3 is 2. The van der Waals surface area contributed by atoms with Crippen molar-refractivity contribution in [3.8, 4) is 11.5 Å². The highest BCUT2D eigenvalue weighted by molar-refractivity contribution is 5.75. The summed E-state index contributed by atoms with van der Waals surface area (Å²) < 4.78 is 33.4. The number of rotatable bonds is 9. The van der Waals surface area contributed by atoms with Gasteiger partial charge in [0.25, 0.3) is 0 Å². The minimum absolute atomic E-state index is 0.177. The van der Waals surface area contributed by atoms with Gasteiger partial charge in [0.2, 0.25) is 0 Å². The van der Waals surface area contributed by atoms with Gasteiger partial charge in [0.15, 0.2) is 13.1 Å². The second-order valence-corrected chi connectivity index (χ2v) is 7.90. The Labute approximate surface area is 172 Å². The topological polar surface area (TPSA) is 92.7 Å². The van der Waals surface area contributed by atoms with Gasteiger partial charge in [-0.25, -0.2) is 0 Å². The van der Waals surface area contributed by atoms with Gasteiger partial charge < -0.3 is 33.5 Å². The van der Waals surface area contributed by atoms with Crippen molar-refractivity contribution in [1.29, 1.82) is 0 Å². The van der Waals surface area contributed by atoms with E-state index in [1.54, 1.807) is 19.2 Å². The minimum Gasteiger partial charge on any atom is -0.497 e. The summed E-state index contributed by atoms with van der Waals surface area (Å²) in [4.78, 5) is 12.1. The third-order valence-electron chi connectivity index (χ3n) is 5.18. The van der Waals surface area contributed by atoms with Crippen LogP contribution in [0.15, 0.2) is 12.1 Å². The van der Waals surface area contributed by atoms with E-state index in [9.17, 15) is 9.90 Å². The predicted octanol–water partition coefficient (Wildman–Crippen LogP) is 2.95. The second kappa shape index (κ2) is 9.75. The number of benzene rings is 1. The number of carbonyl (C=O) groups is 1. The van der Waals surface area contributed by atoms with E-state index in [0.717, 1.165) is 0 Å². The van der Waals surface area contributed by atoms with Gasteiger partial charge in [-0.2, -0.15) is 0 Å². The quantitative estimate of drug-likeness (QED) is 0.489. The molecule has 1 aromatic carbocycles. The monoisotopic (exact) mass is 412 g/mol. The molecule has 0 aliphatic carbocycles. The molecule has 0 spiro atoms. The lowest BCUT2D eigenvalue weighted by atomic mass is 9.91. The molecule has 0 aromatic heterocycles. The summed E-state index contributed by atoms with van der Waals surface area (Å²) in [5.74, 6) is 0.753. The molecule has 1 saturated heterocycles. The normalized spacial score (nSPS) is 22.2. The Hall–Kier alpha value is -1.87. The second-order valence-electron chi connectivity index (χ2n) is 7.90. The van der Waals surface area contributed by atoms with Gasteiger partial charge in [-0.05, 0) is 38.8 Å². The molecule has 164 valence electrons. The van der Waals surface area contributed by atoms with Crippen LogP contribution in [0.25, 0.3) is 0 Å². The van der Waals surface area contributed by atoms with Crippen LogP contribution in [0.4, 0.5) is 0 Å². The van der Waals surface area contributed by atoms with Crippen molar-refractivity contribution >= 4 is 5.97 Å². The van der Waals surface area contributed by atoms with Gasteiger partial charge in [0, 0.05) is 6.07 Å². The highest BCUT2D eigenvalue weighted by Crippen LogP contribution is 2.38. The van der Waals surface area contributed by atoms with Crippen molar-refractivity contribution < 1.29 is 38.3 Å². The van der Waals surface area contributed by atoms with E-state index in [1.807, 2.05) is 27.7 Å². The Kier molecular flexibility index (Phi) is 7.87. The third-order valence-corrected chi connectivity index (χ3v) is 5.18. The Bertz CT molecular complexity index is 667. The molecule has 0 atom stereocenters. The maximum atomic E-state index is 12.1. The SMILES string of the molecule is CCC(C)(C)C(=O)OCOC1(C)COC(c2c(CO)cc(OC)cc2OC)OC1. The zero-order valence-corrected chi connectivity index (χ0v) is 18.1. The van der Waals surface area contributed by atoms with Gasteiger partial charge in [-0.1, -0.05) is 6.92 Å². The summed E-state index contributed by atoms with van der Waals surface area (Å²) in [6.07, 6.45) is -0.0512. The molecule has 1 aliphatic heterocycles. The first-order valence-electron chi connectivity index (χ1n) is 9.59. The van der Waals surface area contributed by atoms with E-state index >= 15 is 0 Å². The molecule has 2 rings (SSSR count). The minimum atomic E-state index is -0.772. The summed E-state index contributed by atoms with van der Waals surface area (Å²) >= 11 is 0. The summed E-state index contributed by atoms with van der Waals surface area (Å²) in [5, 5.41) is 9.75. The number of ether oxygens (including phenoxy) is 6. The average molecular weight is 412 g/mol. The summed E-state index contributed by atoms with van der Waals surface area (Å²) in [6, 6.07) is 3.42. The standard InChI is InChI=1S/C21H32O8/c1-7-20(2,3)19(23)28-13-29-21(4)11-26-18(27-12-21)17-14(10-22)8-15(24-5)9-16(17)25-6/h8-9,18,22H,7,10-13H2,1-6H3. The zero-order chi connectivity index (χ0) is 21.7. The van der Waals surface area contributed by atoms with Crippen LogP contribution in [-0.2, 0) is 30.3 Å². The lowest BCUT2D eigenvalue weighted by Gasteiger charge is -2.38. The number of hydrogen-bond acceptors (Lipinski definition) is 8. The van der Waals surface area contributed by atoms with Gasteiger partial charge >= 0.3 is 5.97 Å². The molecule has 0 unspecified atom stereocenters. The van der Waals surface area contributed by atoms with E-state index in [0.29, 0.717) is 29.0 Å². The molecule has 1 heterocycles. The molecule has 1 N–H and O–H groups in total.